The summed E-state index contributed by atoms with van der Waals surface area (Å²) in [4.78, 5) is 11.6. The number of halogens is 1. The summed E-state index contributed by atoms with van der Waals surface area (Å²) < 4.78 is 16.5. The zero-order chi connectivity index (χ0) is 18.3. The lowest BCUT2D eigenvalue weighted by molar-refractivity contribution is 0.100. The number of fused-ring (bicyclic) bond motifs is 1. The molecule has 3 N–H and O–H groups in total. The number of primary amides is 1. The lowest BCUT2D eigenvalue weighted by Gasteiger charge is -2.35. The molecule has 1 aliphatic rings. The quantitative estimate of drug-likeness (QED) is 0.761. The number of aromatic nitrogens is 2. The predicted octanol–water partition coefficient (Wildman–Crippen LogP) is 2.90. The van der Waals surface area contributed by atoms with Gasteiger partial charge in [-0.2, -0.15) is 5.10 Å². The highest BCUT2D eigenvalue weighted by atomic mass is 19.1. The molecule has 5 nitrogen and oxygen atoms in total. The molecule has 2 heterocycles. The minimum absolute atomic E-state index is 0.200. The predicted molar refractivity (Wildman–Crippen MR) is 99.0 cm³/mol. The third-order valence-corrected chi connectivity index (χ3v) is 5.27. The maximum absolute atomic E-state index is 14.9. The van der Waals surface area contributed by atoms with Crippen molar-refractivity contribution in [2.24, 2.45) is 5.73 Å². The van der Waals surface area contributed by atoms with Crippen LogP contribution in [0.25, 0.3) is 16.6 Å². The maximum Gasteiger partial charge on any atom is 0.250 e. The number of carbonyl (C=O) groups is 1. The highest BCUT2D eigenvalue weighted by Crippen LogP contribution is 2.33. The summed E-state index contributed by atoms with van der Waals surface area (Å²) in [6.45, 7) is 3.85. The fourth-order valence-electron chi connectivity index (χ4n) is 3.80. The number of nitrogens with two attached hydrogens (primary N) is 1. The van der Waals surface area contributed by atoms with Gasteiger partial charge in [-0.05, 0) is 43.1 Å². The normalized spacial score (nSPS) is 20.4. The van der Waals surface area contributed by atoms with Crippen LogP contribution in [-0.2, 0) is 5.41 Å². The molecule has 0 spiro atoms. The molecule has 1 aromatic heterocycles. The van der Waals surface area contributed by atoms with E-state index in [-0.39, 0.29) is 11.2 Å². The molecule has 0 radical (unpaired) electrons. The second kappa shape index (κ2) is 6.21. The zero-order valence-electron chi connectivity index (χ0n) is 14.6. The van der Waals surface area contributed by atoms with Crippen molar-refractivity contribution < 1.29 is 9.18 Å². The lowest BCUT2D eigenvalue weighted by atomic mass is 9.76. The molecule has 6 heteroatoms. The van der Waals surface area contributed by atoms with Crippen LogP contribution in [0.4, 0.5) is 4.39 Å². The number of nitrogens with zero attached hydrogens (tertiary/aromatic N) is 2. The Labute approximate surface area is 151 Å². The van der Waals surface area contributed by atoms with E-state index < -0.39 is 5.91 Å². The molecule has 2 aromatic carbocycles. The van der Waals surface area contributed by atoms with E-state index in [0.717, 1.165) is 36.9 Å². The van der Waals surface area contributed by atoms with E-state index in [1.165, 1.54) is 6.07 Å². The Morgan fingerprint density at radius 3 is 2.88 bits per heavy atom. The van der Waals surface area contributed by atoms with E-state index in [1.54, 1.807) is 23.0 Å². The van der Waals surface area contributed by atoms with Crippen LogP contribution in [0.1, 0.15) is 35.7 Å². The largest absolute Gasteiger partial charge is 0.366 e. The van der Waals surface area contributed by atoms with Crippen LogP contribution in [0, 0.1) is 5.82 Å². The first-order valence-electron chi connectivity index (χ1n) is 8.77. The Hall–Kier alpha value is -2.73. The van der Waals surface area contributed by atoms with Gasteiger partial charge in [-0.1, -0.05) is 25.1 Å². The monoisotopic (exact) mass is 352 g/mol. The van der Waals surface area contributed by atoms with E-state index in [2.05, 4.69) is 17.3 Å². The Balaban J connectivity index is 1.75. The van der Waals surface area contributed by atoms with Crippen LogP contribution in [0.15, 0.2) is 42.6 Å². The second-order valence-electron chi connectivity index (χ2n) is 7.19. The second-order valence-corrected chi connectivity index (χ2v) is 7.19. The number of amides is 1. The average molecular weight is 352 g/mol. The summed E-state index contributed by atoms with van der Waals surface area (Å²) in [5, 5.41) is 8.58. The Morgan fingerprint density at radius 2 is 2.19 bits per heavy atom. The van der Waals surface area contributed by atoms with Crippen LogP contribution in [0.5, 0.6) is 0 Å². The van der Waals surface area contributed by atoms with Crippen molar-refractivity contribution in [3.63, 3.8) is 0 Å². The Kier molecular flexibility index (Phi) is 4.00. The minimum atomic E-state index is -0.528. The van der Waals surface area contributed by atoms with Gasteiger partial charge in [-0.3, -0.25) is 4.79 Å². The molecule has 0 aliphatic carbocycles. The summed E-state index contributed by atoms with van der Waals surface area (Å²) >= 11 is 0. The smallest absolute Gasteiger partial charge is 0.250 e. The molecule has 1 unspecified atom stereocenters. The number of hydrogen-bond acceptors (Lipinski definition) is 3. The highest BCUT2D eigenvalue weighted by Gasteiger charge is 2.31. The van der Waals surface area contributed by atoms with Gasteiger partial charge in [0.15, 0.2) is 0 Å². The molecular weight excluding hydrogens is 331 g/mol. The minimum Gasteiger partial charge on any atom is -0.366 e. The molecule has 3 aromatic rings. The molecule has 1 saturated heterocycles. The van der Waals surface area contributed by atoms with Crippen molar-refractivity contribution in [3.8, 4) is 5.69 Å². The van der Waals surface area contributed by atoms with E-state index in [1.807, 2.05) is 18.2 Å². The first-order chi connectivity index (χ1) is 12.5. The van der Waals surface area contributed by atoms with Crippen molar-refractivity contribution >= 4 is 16.8 Å². The number of rotatable bonds is 3. The average Bonchev–Trinajstić information content (AvgIpc) is 3.06. The number of hydrogen-bond donors (Lipinski definition) is 2. The third kappa shape index (κ3) is 2.76. The van der Waals surface area contributed by atoms with E-state index >= 15 is 0 Å². The Morgan fingerprint density at radius 1 is 1.35 bits per heavy atom. The van der Waals surface area contributed by atoms with Crippen molar-refractivity contribution in [2.75, 3.05) is 13.1 Å². The molecule has 134 valence electrons. The molecule has 1 amide bonds. The summed E-state index contributed by atoms with van der Waals surface area (Å²) in [5.41, 5.74) is 7.44. The van der Waals surface area contributed by atoms with E-state index in [0.29, 0.717) is 16.8 Å². The van der Waals surface area contributed by atoms with Crippen molar-refractivity contribution in [1.29, 1.82) is 0 Å². The molecule has 1 atom stereocenters. The molecule has 1 fully saturated rings. The van der Waals surface area contributed by atoms with Gasteiger partial charge < -0.3 is 11.1 Å². The van der Waals surface area contributed by atoms with Gasteiger partial charge in [0.2, 0.25) is 0 Å². The molecule has 4 rings (SSSR count). The van der Waals surface area contributed by atoms with Crippen LogP contribution < -0.4 is 11.1 Å². The summed E-state index contributed by atoms with van der Waals surface area (Å²) in [6, 6.07) is 10.5. The van der Waals surface area contributed by atoms with Gasteiger partial charge in [-0.25, -0.2) is 9.07 Å². The van der Waals surface area contributed by atoms with E-state index in [4.69, 9.17) is 5.73 Å². The lowest BCUT2D eigenvalue weighted by Crippen LogP contribution is -2.41. The molecule has 0 bridgehead atoms. The van der Waals surface area contributed by atoms with Gasteiger partial charge in [-0.15, -0.1) is 0 Å². The first kappa shape index (κ1) is 16.7. The van der Waals surface area contributed by atoms with Crippen molar-refractivity contribution in [3.05, 3.63) is 59.5 Å². The van der Waals surface area contributed by atoms with Crippen LogP contribution in [-0.4, -0.2) is 28.8 Å². The van der Waals surface area contributed by atoms with Gasteiger partial charge in [0.25, 0.3) is 5.91 Å². The zero-order valence-corrected chi connectivity index (χ0v) is 14.6. The van der Waals surface area contributed by atoms with Crippen LogP contribution in [0.3, 0.4) is 0 Å². The third-order valence-electron chi connectivity index (χ3n) is 5.27. The number of piperidine rings is 1. The van der Waals surface area contributed by atoms with Gasteiger partial charge in [0.1, 0.15) is 11.3 Å². The van der Waals surface area contributed by atoms with E-state index in [9.17, 15) is 9.18 Å². The highest BCUT2D eigenvalue weighted by molar-refractivity contribution is 6.04. The molecule has 0 saturated carbocycles. The van der Waals surface area contributed by atoms with Gasteiger partial charge in [0.05, 0.1) is 11.3 Å². The molecular formula is C20H21FN4O. The Bertz CT molecular complexity index is 989. The standard InChI is InChI=1S/C20H21FN4O/c1-20(8-3-9-23-12-20)16-7-6-14(10-17(16)21)25-11-13-4-2-5-15(19(22)26)18(13)24-25/h2,4-7,10-11,23H,3,8-9,12H2,1H3,(H2,22,26). The SMILES string of the molecule is CC1(c2ccc(-n3cc4cccc(C(N)=O)c4n3)cc2F)CCCNC1. The summed E-state index contributed by atoms with van der Waals surface area (Å²) in [6.07, 6.45) is 3.78. The van der Waals surface area contributed by atoms with Crippen LogP contribution in [0.2, 0.25) is 0 Å². The van der Waals surface area contributed by atoms with Gasteiger partial charge >= 0.3 is 0 Å². The fraction of sp³-hybridized carbons (Fsp3) is 0.300. The molecule has 1 aliphatic heterocycles. The first-order valence-corrected chi connectivity index (χ1v) is 8.77. The molecule has 26 heavy (non-hydrogen) atoms. The summed E-state index contributed by atoms with van der Waals surface area (Å²) in [7, 11) is 0. The van der Waals surface area contributed by atoms with Crippen LogP contribution >= 0.6 is 0 Å². The number of carbonyl (C=O) groups excluding carboxylic acids is 1. The van der Waals surface area contributed by atoms with Gasteiger partial charge in [0, 0.05) is 23.5 Å². The fourth-order valence-corrected chi connectivity index (χ4v) is 3.80. The van der Waals surface area contributed by atoms with Crippen molar-refractivity contribution in [1.82, 2.24) is 15.1 Å². The topological polar surface area (TPSA) is 72.9 Å². The number of nitrogens with one attached hydrogen (secondary N) is 1. The summed E-state index contributed by atoms with van der Waals surface area (Å²) in [5.74, 6) is -0.761. The maximum atomic E-state index is 14.9. The van der Waals surface area contributed by atoms with Crippen molar-refractivity contribution in [2.45, 2.75) is 25.2 Å². The number of benzene rings is 2.